The Kier molecular flexibility index (Phi) is 13.8. The topological polar surface area (TPSA) is 99.0 Å². The van der Waals surface area contributed by atoms with Crippen LogP contribution in [-0.2, 0) is 9.53 Å². The zero-order valence-corrected chi connectivity index (χ0v) is 17.1. The largest absolute Gasteiger partial charge is 0.394 e. The zero-order valence-electron chi connectivity index (χ0n) is 17.1. The molecule has 0 spiro atoms. The first-order valence-corrected chi connectivity index (χ1v) is 11.0. The normalized spacial score (nSPS) is 25.0. The molecule has 1 aliphatic heterocycles. The van der Waals surface area contributed by atoms with Crippen molar-refractivity contribution in [1.29, 1.82) is 0 Å². The number of nitrogens with one attached hydrogen (secondary N) is 1. The van der Waals surface area contributed by atoms with Crippen LogP contribution < -0.4 is 5.32 Å². The highest BCUT2D eigenvalue weighted by atomic mass is 16.6. The summed E-state index contributed by atoms with van der Waals surface area (Å²) in [6.07, 6.45) is 11.6. The van der Waals surface area contributed by atoms with Gasteiger partial charge in [0.1, 0.15) is 18.3 Å². The van der Waals surface area contributed by atoms with Gasteiger partial charge in [0.05, 0.1) is 19.1 Å². The Morgan fingerprint density at radius 2 is 1.30 bits per heavy atom. The molecule has 1 unspecified atom stereocenters. The van der Waals surface area contributed by atoms with E-state index in [1.165, 1.54) is 64.2 Å². The fourth-order valence-electron chi connectivity index (χ4n) is 3.59. The lowest BCUT2D eigenvalue weighted by Gasteiger charge is -2.14. The van der Waals surface area contributed by atoms with E-state index in [1.807, 2.05) is 0 Å². The molecule has 1 amide bonds. The summed E-state index contributed by atoms with van der Waals surface area (Å²) in [5.74, 6) is -0.187. The Hall–Kier alpha value is -0.690. The molecule has 27 heavy (non-hydrogen) atoms. The maximum Gasteiger partial charge on any atom is 0.222 e. The molecule has 0 aromatic rings. The Bertz CT molecular complexity index is 380. The summed E-state index contributed by atoms with van der Waals surface area (Å²) in [5, 5.41) is 31.4. The second-order valence-electron chi connectivity index (χ2n) is 7.82. The maximum absolute atomic E-state index is 11.9. The highest BCUT2D eigenvalue weighted by Crippen LogP contribution is 2.23. The molecule has 0 radical (unpaired) electrons. The van der Waals surface area contributed by atoms with Gasteiger partial charge in [-0.1, -0.05) is 77.6 Å². The Balaban J connectivity index is 1.90. The zero-order chi connectivity index (χ0) is 19.9. The second-order valence-corrected chi connectivity index (χ2v) is 7.82. The molecule has 6 heteroatoms. The van der Waals surface area contributed by atoms with Gasteiger partial charge >= 0.3 is 0 Å². The SMILES string of the molecule is CCCCCCCCCCCCCCNC(=O)C[C@H]1OC(CO)[C@H](O)[C@H]1O. The Morgan fingerprint density at radius 3 is 1.78 bits per heavy atom. The van der Waals surface area contributed by atoms with E-state index in [4.69, 9.17) is 9.84 Å². The molecule has 1 aliphatic rings. The average Bonchev–Trinajstić information content (AvgIpc) is 2.93. The van der Waals surface area contributed by atoms with Gasteiger partial charge in [-0.15, -0.1) is 0 Å². The second kappa shape index (κ2) is 15.3. The predicted octanol–water partition coefficient (Wildman–Crippen LogP) is 2.68. The highest BCUT2D eigenvalue weighted by molar-refractivity contribution is 5.76. The summed E-state index contributed by atoms with van der Waals surface area (Å²) in [6.45, 7) is 2.51. The number of hydrogen-bond donors (Lipinski definition) is 4. The van der Waals surface area contributed by atoms with E-state index in [2.05, 4.69) is 12.2 Å². The van der Waals surface area contributed by atoms with Crippen molar-refractivity contribution >= 4 is 5.91 Å². The first kappa shape index (κ1) is 24.3. The molecule has 1 saturated heterocycles. The van der Waals surface area contributed by atoms with E-state index in [9.17, 15) is 15.0 Å². The van der Waals surface area contributed by atoms with Crippen LogP contribution in [0.25, 0.3) is 0 Å². The molecule has 0 bridgehead atoms. The van der Waals surface area contributed by atoms with Crippen LogP contribution in [0.1, 0.15) is 90.4 Å². The average molecular weight is 388 g/mol. The van der Waals surface area contributed by atoms with Crippen LogP contribution in [0.4, 0.5) is 0 Å². The number of aliphatic hydroxyl groups is 3. The number of unbranched alkanes of at least 4 members (excludes halogenated alkanes) is 11. The number of ether oxygens (including phenoxy) is 1. The monoisotopic (exact) mass is 387 g/mol. The molecular formula is C21H41NO5. The van der Waals surface area contributed by atoms with E-state index >= 15 is 0 Å². The van der Waals surface area contributed by atoms with Gasteiger partial charge in [-0.05, 0) is 6.42 Å². The minimum Gasteiger partial charge on any atom is -0.394 e. The van der Waals surface area contributed by atoms with Crippen molar-refractivity contribution in [1.82, 2.24) is 5.32 Å². The third-order valence-corrected chi connectivity index (χ3v) is 5.38. The van der Waals surface area contributed by atoms with Crippen molar-refractivity contribution in [2.75, 3.05) is 13.2 Å². The molecule has 0 aromatic carbocycles. The van der Waals surface area contributed by atoms with Crippen LogP contribution in [0.15, 0.2) is 0 Å². The lowest BCUT2D eigenvalue weighted by atomic mass is 10.0. The van der Waals surface area contributed by atoms with Gasteiger partial charge in [0.2, 0.25) is 5.91 Å². The van der Waals surface area contributed by atoms with Gasteiger partial charge < -0.3 is 25.4 Å². The standard InChI is InChI=1S/C21H41NO5/c1-2-3-4-5-6-7-8-9-10-11-12-13-14-22-19(24)15-17-20(25)21(26)18(16-23)27-17/h17-18,20-21,23,25-26H,2-16H2,1H3,(H,22,24)/t17-,18?,20+,21+/m1/s1. The minimum absolute atomic E-state index is 0.00693. The van der Waals surface area contributed by atoms with Gasteiger partial charge in [-0.3, -0.25) is 4.79 Å². The van der Waals surface area contributed by atoms with Crippen molar-refractivity contribution < 1.29 is 24.9 Å². The van der Waals surface area contributed by atoms with E-state index in [1.54, 1.807) is 0 Å². The van der Waals surface area contributed by atoms with E-state index in [-0.39, 0.29) is 18.9 Å². The van der Waals surface area contributed by atoms with E-state index in [0.29, 0.717) is 6.54 Å². The number of hydrogen-bond acceptors (Lipinski definition) is 5. The molecule has 1 heterocycles. The molecule has 1 rings (SSSR count). The van der Waals surface area contributed by atoms with Crippen LogP contribution in [0, 0.1) is 0 Å². The third kappa shape index (κ3) is 10.4. The van der Waals surface area contributed by atoms with E-state index in [0.717, 1.165) is 12.8 Å². The van der Waals surface area contributed by atoms with Crippen molar-refractivity contribution in [3.8, 4) is 0 Å². The fourth-order valence-corrected chi connectivity index (χ4v) is 3.59. The summed E-state index contributed by atoms with van der Waals surface area (Å²) in [4.78, 5) is 11.9. The number of aliphatic hydroxyl groups excluding tert-OH is 3. The predicted molar refractivity (Wildman–Crippen MR) is 106 cm³/mol. The smallest absolute Gasteiger partial charge is 0.222 e. The number of carbonyl (C=O) groups is 1. The summed E-state index contributed by atoms with van der Waals surface area (Å²) < 4.78 is 5.31. The molecule has 4 atom stereocenters. The minimum atomic E-state index is -1.14. The number of rotatable bonds is 16. The quantitative estimate of drug-likeness (QED) is 0.305. The molecule has 0 aliphatic carbocycles. The molecular weight excluding hydrogens is 346 g/mol. The number of carbonyl (C=O) groups excluding carboxylic acids is 1. The first-order chi connectivity index (χ1) is 13.1. The van der Waals surface area contributed by atoms with Gasteiger partial charge in [0, 0.05) is 6.54 Å². The summed E-state index contributed by atoms with van der Waals surface area (Å²) in [7, 11) is 0. The molecule has 0 saturated carbocycles. The Morgan fingerprint density at radius 1 is 0.815 bits per heavy atom. The Labute approximate surface area is 164 Å². The fraction of sp³-hybridized carbons (Fsp3) is 0.952. The maximum atomic E-state index is 11.9. The molecule has 160 valence electrons. The summed E-state index contributed by atoms with van der Waals surface area (Å²) in [5.41, 5.74) is 0. The van der Waals surface area contributed by atoms with E-state index < -0.39 is 24.4 Å². The lowest BCUT2D eigenvalue weighted by molar-refractivity contribution is -0.125. The molecule has 4 N–H and O–H groups in total. The first-order valence-electron chi connectivity index (χ1n) is 11.0. The molecule has 6 nitrogen and oxygen atoms in total. The van der Waals surface area contributed by atoms with Gasteiger partial charge in [0.25, 0.3) is 0 Å². The van der Waals surface area contributed by atoms with Crippen LogP contribution in [0.5, 0.6) is 0 Å². The van der Waals surface area contributed by atoms with Crippen LogP contribution in [0.3, 0.4) is 0 Å². The van der Waals surface area contributed by atoms with Crippen molar-refractivity contribution in [3.05, 3.63) is 0 Å². The van der Waals surface area contributed by atoms with Gasteiger partial charge in [-0.2, -0.15) is 0 Å². The van der Waals surface area contributed by atoms with Gasteiger partial charge in [0.15, 0.2) is 0 Å². The summed E-state index contributed by atoms with van der Waals surface area (Å²) >= 11 is 0. The number of amides is 1. The molecule has 1 fully saturated rings. The summed E-state index contributed by atoms with van der Waals surface area (Å²) in [6, 6.07) is 0. The molecule has 0 aromatic heterocycles. The van der Waals surface area contributed by atoms with Crippen molar-refractivity contribution in [2.45, 2.75) is 115 Å². The highest BCUT2D eigenvalue weighted by Gasteiger charge is 2.42. The van der Waals surface area contributed by atoms with Crippen molar-refractivity contribution in [2.24, 2.45) is 0 Å². The van der Waals surface area contributed by atoms with Crippen LogP contribution >= 0.6 is 0 Å². The van der Waals surface area contributed by atoms with Gasteiger partial charge in [-0.25, -0.2) is 0 Å². The lowest BCUT2D eigenvalue weighted by Crippen LogP contribution is -2.36. The third-order valence-electron chi connectivity index (χ3n) is 5.38. The van der Waals surface area contributed by atoms with Crippen molar-refractivity contribution in [3.63, 3.8) is 0 Å². The van der Waals surface area contributed by atoms with Crippen LogP contribution in [-0.4, -0.2) is 58.8 Å². The van der Waals surface area contributed by atoms with Crippen LogP contribution in [0.2, 0.25) is 0 Å².